The molecule has 5 heteroatoms. The molecule has 0 aromatic carbocycles. The lowest BCUT2D eigenvalue weighted by atomic mass is 9.72. The van der Waals surface area contributed by atoms with Gasteiger partial charge in [0, 0.05) is 17.9 Å². The first kappa shape index (κ1) is 13.9. The summed E-state index contributed by atoms with van der Waals surface area (Å²) in [5, 5.41) is 0. The lowest BCUT2D eigenvalue weighted by molar-refractivity contribution is 0.00578. The van der Waals surface area contributed by atoms with Crippen molar-refractivity contribution in [3.63, 3.8) is 0 Å². The van der Waals surface area contributed by atoms with E-state index in [0.29, 0.717) is 5.69 Å². The maximum Gasteiger partial charge on any atom is 0.497 e. The van der Waals surface area contributed by atoms with Crippen molar-refractivity contribution in [1.29, 1.82) is 0 Å². The summed E-state index contributed by atoms with van der Waals surface area (Å²) in [6, 6.07) is 0. The Morgan fingerprint density at radius 1 is 1.05 bits per heavy atom. The first-order valence-corrected chi connectivity index (χ1v) is 7.26. The normalized spacial score (nSPS) is 25.8. The first-order valence-electron chi connectivity index (χ1n) is 7.26. The van der Waals surface area contributed by atoms with Gasteiger partial charge in [0.2, 0.25) is 0 Å². The maximum atomic E-state index is 6.18. The highest BCUT2D eigenvalue weighted by atomic mass is 16.7. The van der Waals surface area contributed by atoms with Gasteiger partial charge < -0.3 is 15.0 Å². The van der Waals surface area contributed by atoms with Gasteiger partial charge in [0.15, 0.2) is 0 Å². The van der Waals surface area contributed by atoms with Crippen molar-refractivity contribution in [2.24, 2.45) is 0 Å². The fourth-order valence-corrected chi connectivity index (χ4v) is 2.65. The van der Waals surface area contributed by atoms with Gasteiger partial charge in [-0.05, 0) is 51.5 Å². The molecule has 2 aliphatic rings. The summed E-state index contributed by atoms with van der Waals surface area (Å²) in [7, 11) is -0.407. The largest absolute Gasteiger partial charge is 0.497 e. The minimum absolute atomic E-state index is 0.182. The summed E-state index contributed by atoms with van der Waals surface area (Å²) in [5.74, 6) is 0. The fraction of sp³-hybridized carbons (Fsp3) is 0.667. The van der Waals surface area contributed by atoms with Crippen LogP contribution in [0.15, 0.2) is 12.4 Å². The molecule has 0 bridgehead atoms. The van der Waals surface area contributed by atoms with E-state index in [1.54, 1.807) is 6.20 Å². The number of hydrogen-bond acceptors (Lipinski definition) is 4. The third-order valence-electron chi connectivity index (χ3n) is 5.16. The van der Waals surface area contributed by atoms with Crippen molar-refractivity contribution in [3.05, 3.63) is 18.0 Å². The Balaban J connectivity index is 2.04. The summed E-state index contributed by atoms with van der Waals surface area (Å²) >= 11 is 0. The number of pyridine rings is 1. The van der Waals surface area contributed by atoms with Crippen molar-refractivity contribution >= 4 is 18.3 Å². The second-order valence-corrected chi connectivity index (χ2v) is 7.34. The minimum Gasteiger partial charge on any atom is -0.399 e. The predicted molar refractivity (Wildman–Crippen MR) is 81.0 cm³/mol. The molecule has 0 unspecified atom stereocenters. The van der Waals surface area contributed by atoms with Crippen LogP contribution in [-0.4, -0.2) is 23.3 Å². The number of nitrogen functional groups attached to an aromatic ring is 1. The summed E-state index contributed by atoms with van der Waals surface area (Å²) in [6.07, 6.45) is 5.95. The molecule has 2 N–H and O–H groups in total. The summed E-state index contributed by atoms with van der Waals surface area (Å²) in [5.41, 5.74) is 8.47. The fourth-order valence-electron chi connectivity index (χ4n) is 2.65. The Morgan fingerprint density at radius 3 is 2.10 bits per heavy atom. The predicted octanol–water partition coefficient (Wildman–Crippen LogP) is 2.01. The van der Waals surface area contributed by atoms with Gasteiger partial charge in [-0.2, -0.15) is 0 Å². The Bertz CT molecular complexity index is 537. The van der Waals surface area contributed by atoms with E-state index in [1.807, 2.05) is 6.20 Å². The van der Waals surface area contributed by atoms with Crippen LogP contribution in [0, 0.1) is 0 Å². The van der Waals surface area contributed by atoms with Crippen molar-refractivity contribution < 1.29 is 9.31 Å². The van der Waals surface area contributed by atoms with E-state index in [1.165, 1.54) is 18.4 Å². The number of anilines is 1. The van der Waals surface area contributed by atoms with Crippen LogP contribution in [0.5, 0.6) is 0 Å². The lowest BCUT2D eigenvalue weighted by Crippen LogP contribution is -2.41. The molecule has 1 saturated heterocycles. The van der Waals surface area contributed by atoms with Gasteiger partial charge in [-0.1, -0.05) is 6.92 Å². The van der Waals surface area contributed by atoms with Crippen LogP contribution in [0.25, 0.3) is 0 Å². The average molecular weight is 274 g/mol. The quantitative estimate of drug-likeness (QED) is 0.838. The number of rotatable bonds is 2. The molecule has 1 saturated carbocycles. The van der Waals surface area contributed by atoms with Gasteiger partial charge in [0.05, 0.1) is 16.9 Å². The van der Waals surface area contributed by atoms with Crippen molar-refractivity contribution in [2.75, 3.05) is 5.73 Å². The number of hydrogen-bond donors (Lipinski definition) is 1. The Morgan fingerprint density at radius 2 is 1.60 bits per heavy atom. The maximum absolute atomic E-state index is 6.18. The Hall–Kier alpha value is -1.07. The molecule has 0 spiro atoms. The van der Waals surface area contributed by atoms with Crippen molar-refractivity contribution in [2.45, 2.75) is 64.1 Å². The third kappa shape index (κ3) is 1.95. The molecule has 2 heterocycles. The summed E-state index contributed by atoms with van der Waals surface area (Å²) < 4.78 is 12.3. The van der Waals surface area contributed by atoms with Crippen LogP contribution in [0.2, 0.25) is 0 Å². The van der Waals surface area contributed by atoms with Gasteiger partial charge in [-0.15, -0.1) is 0 Å². The van der Waals surface area contributed by atoms with E-state index in [2.05, 4.69) is 39.6 Å². The molecule has 2 fully saturated rings. The van der Waals surface area contributed by atoms with Gasteiger partial charge in [0.25, 0.3) is 0 Å². The zero-order valence-electron chi connectivity index (χ0n) is 13.0. The topological polar surface area (TPSA) is 57.4 Å². The lowest BCUT2D eigenvalue weighted by Gasteiger charge is -2.32. The summed E-state index contributed by atoms with van der Waals surface area (Å²) in [6.45, 7) is 10.5. The summed E-state index contributed by atoms with van der Waals surface area (Å²) in [4.78, 5) is 4.26. The monoisotopic (exact) mass is 274 g/mol. The zero-order valence-corrected chi connectivity index (χ0v) is 13.0. The van der Waals surface area contributed by atoms with Gasteiger partial charge in [-0.3, -0.25) is 4.98 Å². The highest BCUT2D eigenvalue weighted by Crippen LogP contribution is 2.48. The van der Waals surface area contributed by atoms with Crippen LogP contribution < -0.4 is 11.2 Å². The van der Waals surface area contributed by atoms with Crippen LogP contribution in [0.3, 0.4) is 0 Å². The molecular formula is C15H23BN2O2. The van der Waals surface area contributed by atoms with Crippen molar-refractivity contribution in [1.82, 2.24) is 4.98 Å². The van der Waals surface area contributed by atoms with E-state index in [0.717, 1.165) is 5.46 Å². The third-order valence-corrected chi connectivity index (χ3v) is 5.16. The molecule has 0 atom stereocenters. The molecule has 0 radical (unpaired) electrons. The second-order valence-electron chi connectivity index (χ2n) is 7.34. The van der Waals surface area contributed by atoms with E-state index < -0.39 is 7.12 Å². The Kier molecular flexibility index (Phi) is 2.77. The van der Waals surface area contributed by atoms with Crippen molar-refractivity contribution in [3.8, 4) is 0 Å². The van der Waals surface area contributed by atoms with E-state index in [-0.39, 0.29) is 16.6 Å². The van der Waals surface area contributed by atoms with Gasteiger partial charge >= 0.3 is 7.12 Å². The van der Waals surface area contributed by atoms with E-state index in [9.17, 15) is 0 Å². The molecule has 20 heavy (non-hydrogen) atoms. The molecule has 1 aliphatic heterocycles. The standard InChI is InChI=1S/C15H23BN2O2/c1-13(2)14(3,4)20-16(19-13)12-10(15(5)6-7-15)8-18-9-11(12)17/h8-9H,6-7,17H2,1-5H3. The van der Waals surface area contributed by atoms with Crippen LogP contribution in [0.1, 0.15) is 53.0 Å². The van der Waals surface area contributed by atoms with Gasteiger partial charge in [0.1, 0.15) is 0 Å². The molecule has 1 aromatic rings. The number of nitrogens with two attached hydrogens (primary N) is 1. The second kappa shape index (κ2) is 3.98. The molecular weight excluding hydrogens is 251 g/mol. The van der Waals surface area contributed by atoms with Crippen LogP contribution >= 0.6 is 0 Å². The van der Waals surface area contributed by atoms with E-state index >= 15 is 0 Å². The molecule has 4 nitrogen and oxygen atoms in total. The molecule has 3 rings (SSSR count). The molecule has 108 valence electrons. The highest BCUT2D eigenvalue weighted by molar-refractivity contribution is 6.64. The smallest absolute Gasteiger partial charge is 0.399 e. The van der Waals surface area contributed by atoms with Gasteiger partial charge in [-0.25, -0.2) is 0 Å². The Labute approximate surface area is 121 Å². The highest BCUT2D eigenvalue weighted by Gasteiger charge is 2.54. The number of aromatic nitrogens is 1. The van der Waals surface area contributed by atoms with Crippen LogP contribution in [-0.2, 0) is 14.7 Å². The average Bonchev–Trinajstić information content (AvgIpc) is 3.01. The molecule has 1 aliphatic carbocycles. The molecule has 1 aromatic heterocycles. The zero-order chi connectivity index (χ0) is 14.8. The number of nitrogens with zero attached hydrogens (tertiary/aromatic N) is 1. The SMILES string of the molecule is CC1(c2cncc(N)c2B2OC(C)(C)C(C)(C)O2)CC1. The molecule has 0 amide bonds. The minimum atomic E-state index is -0.407. The van der Waals surface area contributed by atoms with E-state index in [4.69, 9.17) is 15.0 Å². The van der Waals surface area contributed by atoms with Crippen LogP contribution in [0.4, 0.5) is 5.69 Å². The first-order chi connectivity index (χ1) is 9.16.